The zero-order valence-corrected chi connectivity index (χ0v) is 19.3. The summed E-state index contributed by atoms with van der Waals surface area (Å²) in [6, 6.07) is 2.67. The highest BCUT2D eigenvalue weighted by molar-refractivity contribution is 5.99. The third kappa shape index (κ3) is 6.49. The van der Waals surface area contributed by atoms with E-state index in [9.17, 15) is 8.78 Å². The van der Waals surface area contributed by atoms with Crippen molar-refractivity contribution >= 4 is 17.8 Å². The van der Waals surface area contributed by atoms with E-state index in [2.05, 4.69) is 15.0 Å². The number of rotatable bonds is 9. The van der Waals surface area contributed by atoms with Crippen molar-refractivity contribution in [2.45, 2.75) is 58.8 Å². The number of hydrogen-bond donors (Lipinski definition) is 2. The Morgan fingerprint density at radius 1 is 1.21 bits per heavy atom. The molecule has 10 heteroatoms. The van der Waals surface area contributed by atoms with Crippen LogP contribution in [0.25, 0.3) is 0 Å². The minimum Gasteiger partial charge on any atom is -0.493 e. The highest BCUT2D eigenvalue weighted by Gasteiger charge is 2.23. The molecule has 33 heavy (non-hydrogen) atoms. The first-order valence-corrected chi connectivity index (χ1v) is 11.3. The number of benzene rings is 1. The molecular weight excluding hydrogens is 432 g/mol. The van der Waals surface area contributed by atoms with E-state index in [0.717, 1.165) is 56.7 Å². The summed E-state index contributed by atoms with van der Waals surface area (Å²) >= 11 is 0. The molecule has 2 heterocycles. The van der Waals surface area contributed by atoms with Crippen molar-refractivity contribution in [2.75, 3.05) is 24.6 Å². The minimum atomic E-state index is -0.951. The van der Waals surface area contributed by atoms with Gasteiger partial charge in [0.25, 0.3) is 0 Å². The van der Waals surface area contributed by atoms with Crippen molar-refractivity contribution in [3.63, 3.8) is 0 Å². The van der Waals surface area contributed by atoms with Gasteiger partial charge in [0, 0.05) is 37.6 Å². The van der Waals surface area contributed by atoms with Gasteiger partial charge >= 0.3 is 6.01 Å². The Bertz CT molecular complexity index is 948. The molecule has 1 saturated heterocycles. The van der Waals surface area contributed by atoms with Crippen LogP contribution < -0.4 is 9.64 Å². The van der Waals surface area contributed by atoms with E-state index in [4.69, 9.17) is 24.8 Å². The molecular formula is C23H31F2N5O3. The molecule has 0 unspecified atom stereocenters. The lowest BCUT2D eigenvalue weighted by Gasteiger charge is -2.30. The van der Waals surface area contributed by atoms with Crippen LogP contribution in [-0.4, -0.2) is 41.6 Å². The molecule has 0 saturated carbocycles. The Kier molecular flexibility index (Phi) is 8.35. The number of ether oxygens (including phenoxy) is 2. The van der Waals surface area contributed by atoms with Crippen LogP contribution in [0.1, 0.15) is 70.2 Å². The van der Waals surface area contributed by atoms with Crippen LogP contribution >= 0.6 is 0 Å². The molecule has 1 aliphatic heterocycles. The summed E-state index contributed by atoms with van der Waals surface area (Å²) in [5.41, 5.74) is -0.603. The standard InChI is InChI=1S/C23H31F2N5O3/c1-4-19(26)32-21(27)20-17(24)12-16(13-18(20)25)31-11-5-6-15-7-9-30(10-8-15)23-28-22(14(2)3)29-33-23/h12-15,26-27H,4-11H2,1-3H3. The monoisotopic (exact) mass is 463 g/mol. The lowest BCUT2D eigenvalue weighted by molar-refractivity contribution is 0.274. The van der Waals surface area contributed by atoms with E-state index in [0.29, 0.717) is 18.5 Å². The van der Waals surface area contributed by atoms with Gasteiger partial charge in [-0.25, -0.2) is 8.78 Å². The van der Waals surface area contributed by atoms with E-state index in [1.807, 2.05) is 13.8 Å². The second-order valence-corrected chi connectivity index (χ2v) is 8.48. The van der Waals surface area contributed by atoms with Gasteiger partial charge in [-0.3, -0.25) is 10.8 Å². The predicted molar refractivity (Wildman–Crippen MR) is 120 cm³/mol. The number of anilines is 1. The Balaban J connectivity index is 1.42. The Morgan fingerprint density at radius 3 is 2.45 bits per heavy atom. The molecule has 0 atom stereocenters. The molecule has 3 rings (SSSR count). The Hall–Kier alpha value is -3.04. The number of halogens is 2. The minimum absolute atomic E-state index is 0.0688. The van der Waals surface area contributed by atoms with E-state index < -0.39 is 23.1 Å². The first-order valence-electron chi connectivity index (χ1n) is 11.3. The first kappa shape index (κ1) is 24.6. The molecule has 1 aromatic carbocycles. The SMILES string of the molecule is CCC(=N)OC(=N)c1c(F)cc(OCCCC2CCN(c3nc(C(C)C)no3)CC2)cc1F. The zero-order chi connectivity index (χ0) is 24.0. The van der Waals surface area contributed by atoms with Crippen LogP contribution in [0.2, 0.25) is 0 Å². The highest BCUT2D eigenvalue weighted by atomic mass is 19.1. The highest BCUT2D eigenvalue weighted by Crippen LogP contribution is 2.27. The summed E-state index contributed by atoms with van der Waals surface area (Å²) in [6.07, 6.45) is 3.95. The average molecular weight is 464 g/mol. The summed E-state index contributed by atoms with van der Waals surface area (Å²) in [6.45, 7) is 7.76. The third-order valence-corrected chi connectivity index (χ3v) is 5.65. The molecule has 1 aliphatic rings. The van der Waals surface area contributed by atoms with Gasteiger partial charge in [-0.1, -0.05) is 25.9 Å². The summed E-state index contributed by atoms with van der Waals surface area (Å²) in [7, 11) is 0. The van der Waals surface area contributed by atoms with Crippen LogP contribution in [0.3, 0.4) is 0 Å². The van der Waals surface area contributed by atoms with Crippen molar-refractivity contribution in [1.82, 2.24) is 10.1 Å². The number of nitrogens with zero attached hydrogens (tertiary/aromatic N) is 3. The molecule has 2 N–H and O–H groups in total. The predicted octanol–water partition coefficient (Wildman–Crippen LogP) is 5.28. The van der Waals surface area contributed by atoms with Gasteiger partial charge in [0.15, 0.2) is 11.7 Å². The van der Waals surface area contributed by atoms with Gasteiger partial charge in [-0.05, 0) is 31.6 Å². The Labute approximate surface area is 192 Å². The lowest BCUT2D eigenvalue weighted by Crippen LogP contribution is -2.34. The molecule has 0 bridgehead atoms. The molecule has 0 spiro atoms. The van der Waals surface area contributed by atoms with Gasteiger partial charge in [0.05, 0.1) is 6.61 Å². The summed E-state index contributed by atoms with van der Waals surface area (Å²) in [4.78, 5) is 6.57. The van der Waals surface area contributed by atoms with Crippen molar-refractivity contribution in [1.29, 1.82) is 10.8 Å². The van der Waals surface area contributed by atoms with Crippen LogP contribution in [0.4, 0.5) is 14.8 Å². The number of hydrogen-bond acceptors (Lipinski definition) is 8. The normalized spacial score (nSPS) is 14.5. The van der Waals surface area contributed by atoms with Crippen LogP contribution in [-0.2, 0) is 4.74 Å². The van der Waals surface area contributed by atoms with Crippen LogP contribution in [0, 0.1) is 28.4 Å². The zero-order valence-electron chi connectivity index (χ0n) is 19.3. The van der Waals surface area contributed by atoms with Crippen molar-refractivity contribution in [2.24, 2.45) is 5.92 Å². The van der Waals surface area contributed by atoms with Crippen molar-refractivity contribution in [3.05, 3.63) is 35.2 Å². The second-order valence-electron chi connectivity index (χ2n) is 8.48. The fourth-order valence-electron chi connectivity index (χ4n) is 3.66. The van der Waals surface area contributed by atoms with E-state index in [-0.39, 0.29) is 24.0 Å². The molecule has 2 aromatic rings. The van der Waals surface area contributed by atoms with Crippen LogP contribution in [0.5, 0.6) is 5.75 Å². The van der Waals surface area contributed by atoms with Crippen molar-refractivity contribution < 1.29 is 22.8 Å². The van der Waals surface area contributed by atoms with Gasteiger partial charge in [-0.2, -0.15) is 4.98 Å². The van der Waals surface area contributed by atoms with Gasteiger partial charge in [0.2, 0.25) is 5.90 Å². The quantitative estimate of drug-likeness (QED) is 0.298. The second kappa shape index (κ2) is 11.2. The summed E-state index contributed by atoms with van der Waals surface area (Å²) < 4.78 is 44.3. The van der Waals surface area contributed by atoms with Gasteiger partial charge < -0.3 is 18.9 Å². The molecule has 180 valence electrons. The molecule has 1 fully saturated rings. The van der Waals surface area contributed by atoms with E-state index >= 15 is 0 Å². The summed E-state index contributed by atoms with van der Waals surface area (Å²) in [5, 5.41) is 19.1. The van der Waals surface area contributed by atoms with Crippen LogP contribution in [0.15, 0.2) is 16.7 Å². The van der Waals surface area contributed by atoms with E-state index in [1.165, 1.54) is 0 Å². The fourth-order valence-corrected chi connectivity index (χ4v) is 3.66. The number of aromatic nitrogens is 2. The molecule has 0 aliphatic carbocycles. The molecule has 1 aromatic heterocycles. The maximum Gasteiger partial charge on any atom is 0.324 e. The maximum atomic E-state index is 14.3. The van der Waals surface area contributed by atoms with Gasteiger partial charge in [-0.15, -0.1) is 0 Å². The van der Waals surface area contributed by atoms with E-state index in [1.54, 1.807) is 6.92 Å². The fraction of sp³-hybridized carbons (Fsp3) is 0.565. The summed E-state index contributed by atoms with van der Waals surface area (Å²) in [5.74, 6) is -1.30. The Morgan fingerprint density at radius 2 is 1.88 bits per heavy atom. The smallest absolute Gasteiger partial charge is 0.324 e. The topological polar surface area (TPSA) is 108 Å². The lowest BCUT2D eigenvalue weighted by atomic mass is 9.92. The number of nitrogens with one attached hydrogen (secondary N) is 2. The largest absolute Gasteiger partial charge is 0.493 e. The third-order valence-electron chi connectivity index (χ3n) is 5.65. The molecule has 8 nitrogen and oxygen atoms in total. The molecule has 0 amide bonds. The average Bonchev–Trinajstić information content (AvgIpc) is 3.27. The maximum absolute atomic E-state index is 14.3. The first-order chi connectivity index (χ1) is 15.8. The van der Waals surface area contributed by atoms with Crippen molar-refractivity contribution in [3.8, 4) is 5.75 Å². The number of piperidine rings is 1. The molecule has 0 radical (unpaired) electrons. The van der Waals surface area contributed by atoms with Gasteiger partial charge in [0.1, 0.15) is 22.9 Å².